The highest BCUT2D eigenvalue weighted by molar-refractivity contribution is 5.76. The van der Waals surface area contributed by atoms with Crippen LogP contribution in [0.1, 0.15) is 45.4 Å². The Morgan fingerprint density at radius 1 is 1.32 bits per heavy atom. The number of rotatable bonds is 6. The average molecular weight is 265 g/mol. The van der Waals surface area contributed by atoms with Crippen molar-refractivity contribution in [3.8, 4) is 6.07 Å². The Balaban J connectivity index is 2.27. The lowest BCUT2D eigenvalue weighted by Gasteiger charge is -2.34. The van der Waals surface area contributed by atoms with Gasteiger partial charge in [0.1, 0.15) is 0 Å². The maximum absolute atomic E-state index is 11.9. The van der Waals surface area contributed by atoms with Gasteiger partial charge in [-0.2, -0.15) is 5.26 Å². The minimum Gasteiger partial charge on any atom is -0.345 e. The molecule has 108 valence electrons. The Bertz CT molecular complexity index is 324. The Morgan fingerprint density at radius 3 is 2.68 bits per heavy atom. The minimum atomic E-state index is 0.144. The van der Waals surface area contributed by atoms with Gasteiger partial charge in [-0.25, -0.2) is 0 Å². The van der Waals surface area contributed by atoms with Crippen molar-refractivity contribution in [2.75, 3.05) is 27.2 Å². The molecule has 2 atom stereocenters. The lowest BCUT2D eigenvalue weighted by atomic mass is 9.86. The molecule has 0 bridgehead atoms. The van der Waals surface area contributed by atoms with Crippen LogP contribution in [-0.2, 0) is 4.79 Å². The number of hydrogen-bond donors (Lipinski definition) is 0. The highest BCUT2D eigenvalue weighted by Gasteiger charge is 2.22. The van der Waals surface area contributed by atoms with Gasteiger partial charge in [0.05, 0.1) is 12.5 Å². The number of nitriles is 1. The van der Waals surface area contributed by atoms with E-state index in [0.29, 0.717) is 25.4 Å². The lowest BCUT2D eigenvalue weighted by Crippen LogP contribution is -2.38. The van der Waals surface area contributed by atoms with Gasteiger partial charge in [0.2, 0.25) is 5.91 Å². The molecule has 1 aliphatic rings. The first-order valence-electron chi connectivity index (χ1n) is 7.35. The predicted octanol–water partition coefficient (Wildman–Crippen LogP) is 2.26. The molecule has 2 unspecified atom stereocenters. The van der Waals surface area contributed by atoms with Crippen molar-refractivity contribution < 1.29 is 4.79 Å². The zero-order chi connectivity index (χ0) is 14.3. The second-order valence-electron chi connectivity index (χ2n) is 5.88. The van der Waals surface area contributed by atoms with Crippen LogP contribution in [0, 0.1) is 17.2 Å². The second kappa shape index (κ2) is 8.16. The van der Waals surface area contributed by atoms with Crippen LogP contribution in [0.15, 0.2) is 0 Å². The lowest BCUT2D eigenvalue weighted by molar-refractivity contribution is -0.130. The fourth-order valence-corrected chi connectivity index (χ4v) is 2.79. The van der Waals surface area contributed by atoms with Crippen molar-refractivity contribution in [3.63, 3.8) is 0 Å². The first-order valence-corrected chi connectivity index (χ1v) is 7.35. The third kappa shape index (κ3) is 5.61. The van der Waals surface area contributed by atoms with Crippen LogP contribution in [0.4, 0.5) is 0 Å². The number of hydrogen-bond acceptors (Lipinski definition) is 3. The summed E-state index contributed by atoms with van der Waals surface area (Å²) in [5, 5.41) is 8.51. The summed E-state index contributed by atoms with van der Waals surface area (Å²) in [7, 11) is 3.91. The number of nitrogens with zero attached hydrogens (tertiary/aromatic N) is 3. The van der Waals surface area contributed by atoms with E-state index in [1.54, 1.807) is 11.9 Å². The van der Waals surface area contributed by atoms with Gasteiger partial charge in [0.25, 0.3) is 0 Å². The van der Waals surface area contributed by atoms with Gasteiger partial charge in [-0.1, -0.05) is 19.8 Å². The van der Waals surface area contributed by atoms with E-state index in [-0.39, 0.29) is 5.91 Å². The SMILES string of the molecule is CC1CCCC(N(C)CCC(=O)N(C)CCC#N)C1. The quantitative estimate of drug-likeness (QED) is 0.740. The summed E-state index contributed by atoms with van der Waals surface area (Å²) >= 11 is 0. The van der Waals surface area contributed by atoms with E-state index in [1.807, 2.05) is 0 Å². The topological polar surface area (TPSA) is 47.3 Å². The van der Waals surface area contributed by atoms with Gasteiger partial charge in [0.15, 0.2) is 0 Å². The van der Waals surface area contributed by atoms with Gasteiger partial charge < -0.3 is 9.80 Å². The van der Waals surface area contributed by atoms with Crippen molar-refractivity contribution in [2.24, 2.45) is 5.92 Å². The molecule has 4 nitrogen and oxygen atoms in total. The summed E-state index contributed by atoms with van der Waals surface area (Å²) in [5.74, 6) is 0.959. The van der Waals surface area contributed by atoms with E-state index in [9.17, 15) is 4.79 Å². The van der Waals surface area contributed by atoms with Crippen molar-refractivity contribution >= 4 is 5.91 Å². The molecule has 0 N–H and O–H groups in total. The summed E-state index contributed by atoms with van der Waals surface area (Å²) in [6.45, 7) is 3.69. The van der Waals surface area contributed by atoms with Crippen LogP contribution in [0.5, 0.6) is 0 Å². The molecular formula is C15H27N3O. The van der Waals surface area contributed by atoms with E-state index < -0.39 is 0 Å². The zero-order valence-corrected chi connectivity index (χ0v) is 12.6. The van der Waals surface area contributed by atoms with Gasteiger partial charge in [-0.15, -0.1) is 0 Å². The zero-order valence-electron chi connectivity index (χ0n) is 12.6. The third-order valence-electron chi connectivity index (χ3n) is 4.20. The monoisotopic (exact) mass is 265 g/mol. The fraction of sp³-hybridized carbons (Fsp3) is 0.867. The largest absolute Gasteiger partial charge is 0.345 e. The molecule has 0 aromatic rings. The molecule has 0 heterocycles. The van der Waals surface area contributed by atoms with Crippen molar-refractivity contribution in [1.82, 2.24) is 9.80 Å². The summed E-state index contributed by atoms with van der Waals surface area (Å²) in [6, 6.07) is 2.71. The van der Waals surface area contributed by atoms with E-state index >= 15 is 0 Å². The second-order valence-corrected chi connectivity index (χ2v) is 5.88. The standard InChI is InChI=1S/C15H27N3O/c1-13-6-4-7-14(12-13)17(2)11-8-15(19)18(3)10-5-9-16/h13-14H,4-8,10-12H2,1-3H3. The Kier molecular flexibility index (Phi) is 6.86. The molecule has 1 aliphatic carbocycles. The van der Waals surface area contributed by atoms with Gasteiger partial charge >= 0.3 is 0 Å². The maximum Gasteiger partial charge on any atom is 0.223 e. The summed E-state index contributed by atoms with van der Waals surface area (Å²) in [5.41, 5.74) is 0. The van der Waals surface area contributed by atoms with E-state index in [1.165, 1.54) is 25.7 Å². The molecule has 0 aromatic carbocycles. The first-order chi connectivity index (χ1) is 9.04. The van der Waals surface area contributed by atoms with Crippen LogP contribution in [-0.4, -0.2) is 48.9 Å². The van der Waals surface area contributed by atoms with E-state index in [4.69, 9.17) is 5.26 Å². The molecular weight excluding hydrogens is 238 g/mol. The summed E-state index contributed by atoms with van der Waals surface area (Å²) in [6.07, 6.45) is 6.15. The van der Waals surface area contributed by atoms with Crippen molar-refractivity contribution in [1.29, 1.82) is 5.26 Å². The maximum atomic E-state index is 11.9. The molecule has 1 saturated carbocycles. The van der Waals surface area contributed by atoms with Gasteiger partial charge in [-0.3, -0.25) is 4.79 Å². The van der Waals surface area contributed by atoms with E-state index in [2.05, 4.69) is 24.9 Å². The molecule has 1 fully saturated rings. The van der Waals surface area contributed by atoms with Crippen molar-refractivity contribution in [2.45, 2.75) is 51.5 Å². The molecule has 1 amide bonds. The van der Waals surface area contributed by atoms with Crippen LogP contribution >= 0.6 is 0 Å². The Morgan fingerprint density at radius 2 is 2.05 bits per heavy atom. The molecule has 0 radical (unpaired) electrons. The van der Waals surface area contributed by atoms with E-state index in [0.717, 1.165) is 12.5 Å². The van der Waals surface area contributed by atoms with Gasteiger partial charge in [0, 0.05) is 32.6 Å². The number of carbonyl (C=O) groups is 1. The molecule has 0 aliphatic heterocycles. The first kappa shape index (κ1) is 16.0. The smallest absolute Gasteiger partial charge is 0.223 e. The third-order valence-corrected chi connectivity index (χ3v) is 4.20. The molecule has 19 heavy (non-hydrogen) atoms. The fourth-order valence-electron chi connectivity index (χ4n) is 2.79. The van der Waals surface area contributed by atoms with Gasteiger partial charge in [-0.05, 0) is 25.8 Å². The highest BCUT2D eigenvalue weighted by Crippen LogP contribution is 2.26. The Hall–Kier alpha value is -1.08. The molecule has 0 aromatic heterocycles. The van der Waals surface area contributed by atoms with Crippen LogP contribution in [0.2, 0.25) is 0 Å². The summed E-state index contributed by atoms with van der Waals surface area (Å²) in [4.78, 5) is 15.9. The predicted molar refractivity (Wildman–Crippen MR) is 76.5 cm³/mol. The number of carbonyl (C=O) groups excluding carboxylic acids is 1. The minimum absolute atomic E-state index is 0.144. The molecule has 4 heteroatoms. The van der Waals surface area contributed by atoms with Crippen LogP contribution in [0.3, 0.4) is 0 Å². The molecule has 1 rings (SSSR count). The Labute approximate surface area is 117 Å². The molecule has 0 saturated heterocycles. The molecule has 0 spiro atoms. The number of amides is 1. The van der Waals surface area contributed by atoms with Crippen LogP contribution < -0.4 is 0 Å². The summed E-state index contributed by atoms with van der Waals surface area (Å²) < 4.78 is 0. The normalized spacial score (nSPS) is 23.1. The average Bonchev–Trinajstić information content (AvgIpc) is 2.41. The highest BCUT2D eigenvalue weighted by atomic mass is 16.2. The van der Waals surface area contributed by atoms with Crippen LogP contribution in [0.25, 0.3) is 0 Å². The van der Waals surface area contributed by atoms with Crippen molar-refractivity contribution in [3.05, 3.63) is 0 Å².